The Hall–Kier alpha value is -2.96. The van der Waals surface area contributed by atoms with Gasteiger partial charge < -0.3 is 14.4 Å². The number of pyridine rings is 2. The van der Waals surface area contributed by atoms with E-state index in [1.165, 1.54) is 5.56 Å². The third-order valence-electron chi connectivity index (χ3n) is 5.35. The van der Waals surface area contributed by atoms with Crippen molar-refractivity contribution in [2.45, 2.75) is 12.6 Å². The summed E-state index contributed by atoms with van der Waals surface area (Å²) in [5, 5.41) is 0. The molecule has 0 aliphatic carbocycles. The van der Waals surface area contributed by atoms with Crippen molar-refractivity contribution in [3.05, 3.63) is 72.2 Å². The van der Waals surface area contributed by atoms with Crippen LogP contribution in [0.3, 0.4) is 0 Å². The third-order valence-corrected chi connectivity index (χ3v) is 5.35. The lowest BCUT2D eigenvalue weighted by Gasteiger charge is -2.33. The molecule has 1 fully saturated rings. The molecule has 0 saturated carbocycles. The average Bonchev–Trinajstić information content (AvgIpc) is 2.79. The van der Waals surface area contributed by atoms with E-state index in [1.807, 2.05) is 50.8 Å². The van der Waals surface area contributed by atoms with Crippen molar-refractivity contribution in [2.75, 3.05) is 45.8 Å². The highest BCUT2D eigenvalue weighted by Gasteiger charge is 2.24. The fraction of sp³-hybridized carbons (Fsp3) is 0.333. The zero-order chi connectivity index (χ0) is 20.9. The van der Waals surface area contributed by atoms with E-state index in [2.05, 4.69) is 39.0 Å². The molecule has 0 unspecified atom stereocenters. The molecule has 30 heavy (non-hydrogen) atoms. The normalized spacial score (nSPS) is 17.0. The van der Waals surface area contributed by atoms with Gasteiger partial charge in [-0.3, -0.25) is 9.88 Å². The molecule has 0 amide bonds. The summed E-state index contributed by atoms with van der Waals surface area (Å²) in [7, 11) is 5.74. The molecule has 156 valence electrons. The number of benzene rings is 1. The molecule has 0 radical (unpaired) electrons. The van der Waals surface area contributed by atoms with Crippen LogP contribution < -0.4 is 9.64 Å². The molecular weight excluding hydrogens is 376 g/mol. The third kappa shape index (κ3) is 4.61. The first-order valence-electron chi connectivity index (χ1n) is 10.2. The van der Waals surface area contributed by atoms with Gasteiger partial charge in [0.25, 0.3) is 0 Å². The number of anilines is 1. The van der Waals surface area contributed by atoms with Crippen LogP contribution in [0.4, 0.5) is 5.82 Å². The van der Waals surface area contributed by atoms with E-state index in [-0.39, 0.29) is 6.10 Å². The SMILES string of the molecule is COc1cccc(-c2ccc([C@H]3CN(Cc4cccnc4N(C)C)CCO3)nc2)c1. The summed E-state index contributed by atoms with van der Waals surface area (Å²) in [6.07, 6.45) is 3.73. The van der Waals surface area contributed by atoms with Gasteiger partial charge in [0.05, 0.1) is 19.4 Å². The Kier molecular flexibility index (Phi) is 6.26. The first-order valence-corrected chi connectivity index (χ1v) is 10.2. The van der Waals surface area contributed by atoms with Gasteiger partial charge in [0.1, 0.15) is 17.7 Å². The zero-order valence-electron chi connectivity index (χ0n) is 17.8. The van der Waals surface area contributed by atoms with Crippen molar-refractivity contribution in [1.29, 1.82) is 0 Å². The monoisotopic (exact) mass is 404 g/mol. The van der Waals surface area contributed by atoms with Crippen LogP contribution in [0.2, 0.25) is 0 Å². The van der Waals surface area contributed by atoms with Gasteiger partial charge >= 0.3 is 0 Å². The summed E-state index contributed by atoms with van der Waals surface area (Å²) >= 11 is 0. The minimum Gasteiger partial charge on any atom is -0.497 e. The summed E-state index contributed by atoms with van der Waals surface area (Å²) < 4.78 is 11.4. The Morgan fingerprint density at radius 2 is 2.00 bits per heavy atom. The molecule has 6 nitrogen and oxygen atoms in total. The predicted molar refractivity (Wildman–Crippen MR) is 119 cm³/mol. The standard InChI is InChI=1S/C24H28N4O2/c1-27(2)24-20(7-5-11-25-24)16-28-12-13-30-23(17-28)22-10-9-19(15-26-22)18-6-4-8-21(14-18)29-3/h4-11,14-15,23H,12-13,16-17H2,1-3H3/t23-/m1/s1. The van der Waals surface area contributed by atoms with Crippen LogP contribution >= 0.6 is 0 Å². The molecule has 1 aromatic carbocycles. The fourth-order valence-corrected chi connectivity index (χ4v) is 3.79. The molecule has 3 heterocycles. The lowest BCUT2D eigenvalue weighted by Crippen LogP contribution is -2.38. The van der Waals surface area contributed by atoms with Crippen LogP contribution in [0, 0.1) is 0 Å². The molecule has 1 aliphatic rings. The highest BCUT2D eigenvalue weighted by Crippen LogP contribution is 2.27. The predicted octanol–water partition coefficient (Wildman–Crippen LogP) is 3.79. The van der Waals surface area contributed by atoms with E-state index < -0.39 is 0 Å². The molecule has 4 rings (SSSR count). The highest BCUT2D eigenvalue weighted by atomic mass is 16.5. The van der Waals surface area contributed by atoms with Gasteiger partial charge in [0.15, 0.2) is 0 Å². The van der Waals surface area contributed by atoms with Crippen molar-refractivity contribution in [3.8, 4) is 16.9 Å². The minimum absolute atomic E-state index is 0.0300. The van der Waals surface area contributed by atoms with Crippen LogP contribution in [0.15, 0.2) is 60.9 Å². The topological polar surface area (TPSA) is 50.7 Å². The molecule has 0 bridgehead atoms. The number of nitrogens with zero attached hydrogens (tertiary/aromatic N) is 4. The van der Waals surface area contributed by atoms with Crippen LogP contribution in [0.1, 0.15) is 17.4 Å². The zero-order valence-corrected chi connectivity index (χ0v) is 17.8. The van der Waals surface area contributed by atoms with Gasteiger partial charge in [0.2, 0.25) is 0 Å². The van der Waals surface area contributed by atoms with Crippen LogP contribution in [-0.2, 0) is 11.3 Å². The van der Waals surface area contributed by atoms with Crippen LogP contribution in [0.5, 0.6) is 5.75 Å². The Balaban J connectivity index is 1.46. The van der Waals surface area contributed by atoms with E-state index in [0.29, 0.717) is 6.61 Å². The molecule has 1 aliphatic heterocycles. The van der Waals surface area contributed by atoms with Gasteiger partial charge in [-0.05, 0) is 29.8 Å². The Morgan fingerprint density at radius 3 is 2.77 bits per heavy atom. The number of morpholine rings is 1. The smallest absolute Gasteiger partial charge is 0.132 e. The quantitative estimate of drug-likeness (QED) is 0.623. The van der Waals surface area contributed by atoms with E-state index >= 15 is 0 Å². The molecule has 1 atom stereocenters. The maximum atomic E-state index is 6.04. The second-order valence-electron chi connectivity index (χ2n) is 7.68. The van der Waals surface area contributed by atoms with Gasteiger partial charge in [-0.15, -0.1) is 0 Å². The van der Waals surface area contributed by atoms with Crippen molar-refractivity contribution in [3.63, 3.8) is 0 Å². The second kappa shape index (κ2) is 9.24. The van der Waals surface area contributed by atoms with E-state index in [9.17, 15) is 0 Å². The molecule has 0 N–H and O–H groups in total. The van der Waals surface area contributed by atoms with Gasteiger partial charge in [0, 0.05) is 57.3 Å². The lowest BCUT2D eigenvalue weighted by atomic mass is 10.1. The van der Waals surface area contributed by atoms with Crippen molar-refractivity contribution in [1.82, 2.24) is 14.9 Å². The maximum Gasteiger partial charge on any atom is 0.132 e. The molecule has 0 spiro atoms. The molecule has 3 aromatic rings. The first kappa shape index (κ1) is 20.3. The summed E-state index contributed by atoms with van der Waals surface area (Å²) in [5.74, 6) is 1.86. The van der Waals surface area contributed by atoms with Gasteiger partial charge in [-0.1, -0.05) is 24.3 Å². The second-order valence-corrected chi connectivity index (χ2v) is 7.68. The van der Waals surface area contributed by atoms with Crippen molar-refractivity contribution >= 4 is 5.82 Å². The number of aromatic nitrogens is 2. The number of hydrogen-bond acceptors (Lipinski definition) is 6. The Morgan fingerprint density at radius 1 is 1.10 bits per heavy atom. The maximum absolute atomic E-state index is 6.04. The van der Waals surface area contributed by atoms with E-state index in [1.54, 1.807) is 7.11 Å². The Labute approximate surface area is 178 Å². The van der Waals surface area contributed by atoms with Crippen molar-refractivity contribution < 1.29 is 9.47 Å². The lowest BCUT2D eigenvalue weighted by molar-refractivity contribution is -0.0349. The Bertz CT molecular complexity index is 975. The van der Waals surface area contributed by atoms with Crippen LogP contribution in [-0.4, -0.2) is 55.8 Å². The largest absolute Gasteiger partial charge is 0.497 e. The summed E-state index contributed by atoms with van der Waals surface area (Å²) in [6, 6.07) is 16.3. The number of rotatable bonds is 6. The van der Waals surface area contributed by atoms with E-state index in [0.717, 1.165) is 48.0 Å². The number of methoxy groups -OCH3 is 1. The number of hydrogen-bond donors (Lipinski definition) is 0. The average molecular weight is 405 g/mol. The summed E-state index contributed by atoms with van der Waals surface area (Å²) in [5.41, 5.74) is 4.35. The summed E-state index contributed by atoms with van der Waals surface area (Å²) in [6.45, 7) is 3.26. The molecule has 6 heteroatoms. The first-order chi connectivity index (χ1) is 14.6. The van der Waals surface area contributed by atoms with Crippen LogP contribution in [0.25, 0.3) is 11.1 Å². The van der Waals surface area contributed by atoms with Crippen molar-refractivity contribution in [2.24, 2.45) is 0 Å². The fourth-order valence-electron chi connectivity index (χ4n) is 3.79. The minimum atomic E-state index is -0.0300. The highest BCUT2D eigenvalue weighted by molar-refractivity contribution is 5.64. The van der Waals surface area contributed by atoms with Gasteiger partial charge in [-0.25, -0.2) is 4.98 Å². The van der Waals surface area contributed by atoms with E-state index in [4.69, 9.17) is 14.5 Å². The van der Waals surface area contributed by atoms with Gasteiger partial charge in [-0.2, -0.15) is 0 Å². The molecular formula is C24H28N4O2. The molecule has 2 aromatic heterocycles. The number of ether oxygens (including phenoxy) is 2. The molecule has 1 saturated heterocycles. The summed E-state index contributed by atoms with van der Waals surface area (Å²) in [4.78, 5) is 13.7.